The molecule has 0 saturated heterocycles. The number of nitrogens with zero attached hydrogens (tertiary/aromatic N) is 2. The van der Waals surface area contributed by atoms with Gasteiger partial charge in [-0.05, 0) is 42.9 Å². The quantitative estimate of drug-likeness (QED) is 0.608. The number of ether oxygens (including phenoxy) is 2. The zero-order valence-electron chi connectivity index (χ0n) is 19.3. The Hall–Kier alpha value is -3.03. The van der Waals surface area contributed by atoms with Gasteiger partial charge in [-0.25, -0.2) is 4.79 Å². The number of amides is 1. The van der Waals surface area contributed by atoms with Crippen LogP contribution in [0.25, 0.3) is 11.3 Å². The monoisotopic (exact) mass is 443 g/mol. The molecule has 1 heterocycles. The van der Waals surface area contributed by atoms with E-state index in [0.717, 1.165) is 32.1 Å². The second-order valence-corrected chi connectivity index (χ2v) is 8.72. The second-order valence-electron chi connectivity index (χ2n) is 8.72. The highest BCUT2D eigenvalue weighted by atomic mass is 16.5. The summed E-state index contributed by atoms with van der Waals surface area (Å²) in [5.74, 6) is -0.0613. The van der Waals surface area contributed by atoms with Crippen molar-refractivity contribution in [2.24, 2.45) is 11.8 Å². The van der Waals surface area contributed by atoms with Gasteiger partial charge in [0, 0.05) is 6.54 Å². The van der Waals surface area contributed by atoms with Crippen LogP contribution in [0.15, 0.2) is 24.3 Å². The maximum Gasteiger partial charge on any atom is 0.326 e. The number of carbonyl (C=O) groups excluding carboxylic acids is 1. The van der Waals surface area contributed by atoms with E-state index in [9.17, 15) is 14.7 Å². The molecule has 1 amide bonds. The minimum atomic E-state index is -1.00. The molecular weight excluding hydrogens is 410 g/mol. The number of aromatic nitrogens is 2. The minimum Gasteiger partial charge on any atom is -0.496 e. The molecule has 1 atom stereocenters. The van der Waals surface area contributed by atoms with Crippen molar-refractivity contribution in [3.8, 4) is 22.8 Å². The number of hydrogen-bond donors (Lipinski definition) is 2. The van der Waals surface area contributed by atoms with Crippen LogP contribution in [-0.2, 0) is 11.3 Å². The van der Waals surface area contributed by atoms with Crippen molar-refractivity contribution in [3.05, 3.63) is 30.0 Å². The smallest absolute Gasteiger partial charge is 0.326 e. The molecule has 0 aliphatic heterocycles. The van der Waals surface area contributed by atoms with Crippen LogP contribution < -0.4 is 14.8 Å². The molecule has 1 fully saturated rings. The molecule has 174 valence electrons. The average molecular weight is 444 g/mol. The van der Waals surface area contributed by atoms with E-state index < -0.39 is 17.9 Å². The van der Waals surface area contributed by atoms with E-state index in [2.05, 4.69) is 24.3 Å². The van der Waals surface area contributed by atoms with Crippen LogP contribution in [0.5, 0.6) is 11.5 Å². The molecule has 0 unspecified atom stereocenters. The standard InChI is InChI=1S/C24H33N3O5/c1-15(2)14-27-18(21-19(31-3)11-8-12-20(21)32-4)13-17(26-27)23(28)25-22(24(29)30)16-9-6-5-7-10-16/h8,11-13,15-16,22H,5-7,9-10,14H2,1-4H3,(H,25,28)(H,29,30)/t22-/m0/s1. The van der Waals surface area contributed by atoms with E-state index in [0.29, 0.717) is 29.3 Å². The Labute approximate surface area is 188 Å². The summed E-state index contributed by atoms with van der Waals surface area (Å²) in [6, 6.07) is 6.25. The average Bonchev–Trinajstić information content (AvgIpc) is 3.19. The van der Waals surface area contributed by atoms with Crippen molar-refractivity contribution in [1.29, 1.82) is 0 Å². The predicted molar refractivity (Wildman–Crippen MR) is 121 cm³/mol. The number of aliphatic carboxylic acids is 1. The van der Waals surface area contributed by atoms with Crippen LogP contribution in [0.1, 0.15) is 56.4 Å². The predicted octanol–water partition coefficient (Wildman–Crippen LogP) is 3.99. The summed E-state index contributed by atoms with van der Waals surface area (Å²) in [7, 11) is 3.16. The fourth-order valence-electron chi connectivity index (χ4n) is 4.38. The van der Waals surface area contributed by atoms with E-state index in [-0.39, 0.29) is 17.5 Å². The molecule has 0 spiro atoms. The van der Waals surface area contributed by atoms with Gasteiger partial charge in [0.1, 0.15) is 17.5 Å². The maximum atomic E-state index is 13.1. The molecule has 1 aromatic carbocycles. The van der Waals surface area contributed by atoms with Crippen LogP contribution >= 0.6 is 0 Å². The molecule has 1 saturated carbocycles. The van der Waals surface area contributed by atoms with Gasteiger partial charge in [-0.2, -0.15) is 5.10 Å². The highest BCUT2D eigenvalue weighted by Crippen LogP contribution is 2.39. The number of nitrogens with one attached hydrogen (secondary N) is 1. The lowest BCUT2D eigenvalue weighted by Crippen LogP contribution is -2.46. The molecule has 1 aliphatic carbocycles. The Morgan fingerprint density at radius 1 is 1.16 bits per heavy atom. The van der Waals surface area contributed by atoms with E-state index in [1.807, 2.05) is 18.2 Å². The van der Waals surface area contributed by atoms with Gasteiger partial charge in [0.2, 0.25) is 0 Å². The normalized spacial score (nSPS) is 15.4. The molecule has 2 aromatic rings. The van der Waals surface area contributed by atoms with Crippen molar-refractivity contribution < 1.29 is 24.2 Å². The fourth-order valence-corrected chi connectivity index (χ4v) is 4.38. The Balaban J connectivity index is 1.97. The molecular formula is C24H33N3O5. The number of carboxylic acid groups (broad SMARTS) is 1. The first-order chi connectivity index (χ1) is 15.3. The van der Waals surface area contributed by atoms with Gasteiger partial charge in [0.15, 0.2) is 5.69 Å². The van der Waals surface area contributed by atoms with Crippen LogP contribution in [0.4, 0.5) is 0 Å². The highest BCUT2D eigenvalue weighted by Gasteiger charge is 2.32. The van der Waals surface area contributed by atoms with Crippen molar-refractivity contribution >= 4 is 11.9 Å². The number of methoxy groups -OCH3 is 2. The SMILES string of the molecule is COc1cccc(OC)c1-c1cc(C(=O)N[C@H](C(=O)O)C2CCCCC2)nn1CC(C)C. The molecule has 2 N–H and O–H groups in total. The summed E-state index contributed by atoms with van der Waals surface area (Å²) >= 11 is 0. The van der Waals surface area contributed by atoms with Gasteiger partial charge >= 0.3 is 5.97 Å². The first-order valence-corrected chi connectivity index (χ1v) is 11.2. The summed E-state index contributed by atoms with van der Waals surface area (Å²) in [5, 5.41) is 17.0. The van der Waals surface area contributed by atoms with Crippen molar-refractivity contribution in [3.63, 3.8) is 0 Å². The second kappa shape index (κ2) is 10.5. The highest BCUT2D eigenvalue weighted by molar-refractivity contribution is 5.96. The topological polar surface area (TPSA) is 103 Å². The summed E-state index contributed by atoms with van der Waals surface area (Å²) < 4.78 is 12.9. The zero-order valence-corrected chi connectivity index (χ0v) is 19.3. The van der Waals surface area contributed by atoms with Gasteiger partial charge in [-0.3, -0.25) is 9.48 Å². The molecule has 1 aliphatic rings. The third-order valence-electron chi connectivity index (χ3n) is 5.91. The Bertz CT molecular complexity index is 925. The summed E-state index contributed by atoms with van der Waals surface area (Å²) in [4.78, 5) is 25.0. The number of carboxylic acids is 1. The lowest BCUT2D eigenvalue weighted by atomic mass is 9.84. The number of rotatable bonds is 9. The van der Waals surface area contributed by atoms with Crippen LogP contribution in [0.3, 0.4) is 0 Å². The van der Waals surface area contributed by atoms with Crippen molar-refractivity contribution in [2.45, 2.75) is 58.5 Å². The molecule has 0 bridgehead atoms. The first-order valence-electron chi connectivity index (χ1n) is 11.2. The molecule has 0 radical (unpaired) electrons. The molecule has 32 heavy (non-hydrogen) atoms. The lowest BCUT2D eigenvalue weighted by molar-refractivity contribution is -0.141. The van der Waals surface area contributed by atoms with Crippen LogP contribution in [0, 0.1) is 11.8 Å². The number of carbonyl (C=O) groups is 2. The number of hydrogen-bond acceptors (Lipinski definition) is 5. The fraction of sp³-hybridized carbons (Fsp3) is 0.542. The van der Waals surface area contributed by atoms with Crippen LogP contribution in [-0.4, -0.2) is 47.0 Å². The first kappa shape index (κ1) is 23.6. The zero-order chi connectivity index (χ0) is 23.3. The third-order valence-corrected chi connectivity index (χ3v) is 5.91. The van der Waals surface area contributed by atoms with Gasteiger partial charge in [0.25, 0.3) is 5.91 Å². The summed E-state index contributed by atoms with van der Waals surface area (Å²) in [6.07, 6.45) is 4.71. The van der Waals surface area contributed by atoms with Gasteiger partial charge < -0.3 is 19.9 Å². The van der Waals surface area contributed by atoms with E-state index >= 15 is 0 Å². The Morgan fingerprint density at radius 2 is 1.78 bits per heavy atom. The molecule has 8 nitrogen and oxygen atoms in total. The summed E-state index contributed by atoms with van der Waals surface area (Å²) in [6.45, 7) is 4.71. The van der Waals surface area contributed by atoms with Crippen molar-refractivity contribution in [1.82, 2.24) is 15.1 Å². The Morgan fingerprint density at radius 3 is 2.31 bits per heavy atom. The van der Waals surface area contributed by atoms with Gasteiger partial charge in [-0.15, -0.1) is 0 Å². The maximum absolute atomic E-state index is 13.1. The number of benzene rings is 1. The summed E-state index contributed by atoms with van der Waals surface area (Å²) in [5.41, 5.74) is 1.56. The van der Waals surface area contributed by atoms with Gasteiger partial charge in [0.05, 0.1) is 25.5 Å². The van der Waals surface area contributed by atoms with E-state index in [1.54, 1.807) is 25.0 Å². The van der Waals surface area contributed by atoms with Crippen LogP contribution in [0.2, 0.25) is 0 Å². The molecule has 8 heteroatoms. The molecule has 3 rings (SSSR count). The van der Waals surface area contributed by atoms with Gasteiger partial charge in [-0.1, -0.05) is 39.2 Å². The minimum absolute atomic E-state index is 0.0586. The Kier molecular flexibility index (Phi) is 7.77. The van der Waals surface area contributed by atoms with E-state index in [1.165, 1.54) is 0 Å². The van der Waals surface area contributed by atoms with E-state index in [4.69, 9.17) is 9.47 Å². The largest absolute Gasteiger partial charge is 0.496 e. The third kappa shape index (κ3) is 5.23. The lowest BCUT2D eigenvalue weighted by Gasteiger charge is -2.27. The molecule has 1 aromatic heterocycles. The van der Waals surface area contributed by atoms with Crippen molar-refractivity contribution in [2.75, 3.05) is 14.2 Å².